The lowest BCUT2D eigenvalue weighted by molar-refractivity contribution is -0.143. The zero-order chi connectivity index (χ0) is 16.1. The fourth-order valence-electron chi connectivity index (χ4n) is 1.49. The van der Waals surface area contributed by atoms with Crippen LogP contribution in [0.25, 0.3) is 0 Å². The molecule has 22 heavy (non-hydrogen) atoms. The van der Waals surface area contributed by atoms with Crippen molar-refractivity contribution in [3.05, 3.63) is 41.3 Å². The van der Waals surface area contributed by atoms with Crippen molar-refractivity contribution in [2.75, 3.05) is 19.5 Å². The summed E-state index contributed by atoms with van der Waals surface area (Å²) in [6, 6.07) is 5.35. The molecule has 0 bridgehead atoms. The molecule has 2 rings (SSSR count). The summed E-state index contributed by atoms with van der Waals surface area (Å²) in [5.41, 5.74) is 5.78. The van der Waals surface area contributed by atoms with Crippen LogP contribution in [0.4, 0.5) is 10.1 Å². The van der Waals surface area contributed by atoms with Crippen molar-refractivity contribution in [2.45, 2.75) is 0 Å². The van der Waals surface area contributed by atoms with Crippen molar-refractivity contribution in [3.63, 3.8) is 0 Å². The summed E-state index contributed by atoms with van der Waals surface area (Å²) in [5.74, 6) is -1.29. The van der Waals surface area contributed by atoms with Gasteiger partial charge in [0.15, 0.2) is 23.9 Å². The molecule has 2 aromatic rings. The average molecular weight is 327 g/mol. The van der Waals surface area contributed by atoms with Crippen molar-refractivity contribution in [2.24, 2.45) is 0 Å². The first-order valence-electron chi connectivity index (χ1n) is 6.08. The second-order valence-corrected chi connectivity index (χ2v) is 4.48. The Morgan fingerprint density at radius 2 is 2.18 bits per heavy atom. The standard InChI is InChI=1S/C14H12ClFN2O4/c1-20-13(19)7-21-14-11(3-2-4-18-14)22-12-6-10(17)8(15)5-9(12)16/h2-6H,7,17H2,1H3. The van der Waals surface area contributed by atoms with E-state index in [2.05, 4.69) is 9.72 Å². The minimum atomic E-state index is -0.693. The van der Waals surface area contributed by atoms with Crippen molar-refractivity contribution < 1.29 is 23.4 Å². The molecule has 0 unspecified atom stereocenters. The highest BCUT2D eigenvalue weighted by molar-refractivity contribution is 6.33. The third-order valence-electron chi connectivity index (χ3n) is 2.56. The van der Waals surface area contributed by atoms with Gasteiger partial charge in [0.05, 0.1) is 17.8 Å². The summed E-state index contributed by atoms with van der Waals surface area (Å²) < 4.78 is 28.8. The molecule has 0 radical (unpaired) electrons. The normalized spacial score (nSPS) is 10.1. The number of hydrogen-bond donors (Lipinski definition) is 1. The number of rotatable bonds is 5. The number of benzene rings is 1. The van der Waals surface area contributed by atoms with Gasteiger partial charge >= 0.3 is 5.97 Å². The summed E-state index contributed by atoms with van der Waals surface area (Å²) in [7, 11) is 1.23. The van der Waals surface area contributed by atoms with Gasteiger partial charge in [0.1, 0.15) is 0 Å². The molecule has 0 spiro atoms. The van der Waals surface area contributed by atoms with Gasteiger partial charge in [0.25, 0.3) is 5.88 Å². The smallest absolute Gasteiger partial charge is 0.343 e. The van der Waals surface area contributed by atoms with Crippen LogP contribution in [0, 0.1) is 5.82 Å². The first kappa shape index (κ1) is 15.8. The fraction of sp³-hybridized carbons (Fsp3) is 0.143. The van der Waals surface area contributed by atoms with E-state index in [1.165, 1.54) is 25.4 Å². The second kappa shape index (κ2) is 6.95. The lowest BCUT2D eigenvalue weighted by Crippen LogP contribution is -2.13. The molecule has 0 aliphatic heterocycles. The first-order chi connectivity index (χ1) is 10.5. The highest BCUT2D eigenvalue weighted by Crippen LogP contribution is 2.34. The van der Waals surface area contributed by atoms with E-state index in [0.717, 1.165) is 6.07 Å². The average Bonchev–Trinajstić information content (AvgIpc) is 2.51. The number of ether oxygens (including phenoxy) is 3. The molecular weight excluding hydrogens is 315 g/mol. The molecule has 116 valence electrons. The number of pyridine rings is 1. The molecule has 2 N–H and O–H groups in total. The fourth-order valence-corrected chi connectivity index (χ4v) is 1.64. The van der Waals surface area contributed by atoms with E-state index in [1.807, 2.05) is 0 Å². The molecule has 1 heterocycles. The molecule has 1 aromatic carbocycles. The molecule has 0 saturated heterocycles. The predicted octanol–water partition coefficient (Wildman–Crippen LogP) is 2.80. The third-order valence-corrected chi connectivity index (χ3v) is 2.89. The molecule has 0 aliphatic rings. The summed E-state index contributed by atoms with van der Waals surface area (Å²) in [6.45, 7) is -0.352. The van der Waals surface area contributed by atoms with Gasteiger partial charge < -0.3 is 19.9 Å². The van der Waals surface area contributed by atoms with Gasteiger partial charge in [-0.1, -0.05) is 11.6 Å². The Kier molecular flexibility index (Phi) is 5.00. The Morgan fingerprint density at radius 3 is 2.91 bits per heavy atom. The maximum absolute atomic E-state index is 13.8. The van der Waals surface area contributed by atoms with Crippen LogP contribution < -0.4 is 15.2 Å². The van der Waals surface area contributed by atoms with Gasteiger partial charge in [-0.2, -0.15) is 0 Å². The quantitative estimate of drug-likeness (QED) is 0.672. The summed E-state index contributed by atoms with van der Waals surface area (Å²) in [5, 5.41) is 0.0817. The van der Waals surface area contributed by atoms with Crippen LogP contribution in [0.2, 0.25) is 5.02 Å². The molecular formula is C14H12ClFN2O4. The number of halogens is 2. The van der Waals surface area contributed by atoms with E-state index in [4.69, 9.17) is 26.8 Å². The highest BCUT2D eigenvalue weighted by Gasteiger charge is 2.14. The molecule has 0 aliphatic carbocycles. The Morgan fingerprint density at radius 1 is 1.41 bits per heavy atom. The van der Waals surface area contributed by atoms with E-state index in [0.29, 0.717) is 0 Å². The number of aromatic nitrogens is 1. The Labute approximate surface area is 130 Å². The van der Waals surface area contributed by atoms with Crippen LogP contribution in [-0.4, -0.2) is 24.7 Å². The molecule has 0 amide bonds. The maximum Gasteiger partial charge on any atom is 0.343 e. The monoisotopic (exact) mass is 326 g/mol. The number of methoxy groups -OCH3 is 1. The molecule has 6 nitrogen and oxygen atoms in total. The maximum atomic E-state index is 13.8. The lowest BCUT2D eigenvalue weighted by atomic mass is 10.3. The van der Waals surface area contributed by atoms with Crippen molar-refractivity contribution in [1.29, 1.82) is 0 Å². The lowest BCUT2D eigenvalue weighted by Gasteiger charge is -2.12. The number of hydrogen-bond acceptors (Lipinski definition) is 6. The van der Waals surface area contributed by atoms with Crippen LogP contribution in [0.3, 0.4) is 0 Å². The van der Waals surface area contributed by atoms with Gasteiger partial charge in [-0.25, -0.2) is 14.2 Å². The highest BCUT2D eigenvalue weighted by atomic mass is 35.5. The number of anilines is 1. The predicted molar refractivity (Wildman–Crippen MR) is 77.6 cm³/mol. The minimum Gasteiger partial charge on any atom is -0.466 e. The zero-order valence-electron chi connectivity index (χ0n) is 11.5. The Bertz CT molecular complexity index is 697. The SMILES string of the molecule is COC(=O)COc1ncccc1Oc1cc(N)c(Cl)cc1F. The molecule has 0 atom stereocenters. The first-order valence-corrected chi connectivity index (χ1v) is 6.46. The van der Waals surface area contributed by atoms with Crippen LogP contribution in [-0.2, 0) is 9.53 Å². The van der Waals surface area contributed by atoms with Crippen LogP contribution in [0.5, 0.6) is 17.4 Å². The summed E-state index contributed by atoms with van der Waals surface area (Å²) in [6.07, 6.45) is 1.44. The van der Waals surface area contributed by atoms with Gasteiger partial charge in [-0.3, -0.25) is 0 Å². The number of esters is 1. The molecule has 8 heteroatoms. The van der Waals surface area contributed by atoms with E-state index in [1.54, 1.807) is 6.07 Å². The summed E-state index contributed by atoms with van der Waals surface area (Å²) >= 11 is 5.71. The summed E-state index contributed by atoms with van der Waals surface area (Å²) in [4.78, 5) is 15.0. The van der Waals surface area contributed by atoms with Crippen LogP contribution in [0.15, 0.2) is 30.5 Å². The number of nitrogens with two attached hydrogens (primary N) is 1. The Balaban J connectivity index is 2.23. The molecule has 1 aromatic heterocycles. The van der Waals surface area contributed by atoms with Gasteiger partial charge in [0, 0.05) is 12.3 Å². The van der Waals surface area contributed by atoms with E-state index < -0.39 is 11.8 Å². The van der Waals surface area contributed by atoms with Crippen molar-refractivity contribution in [3.8, 4) is 17.4 Å². The van der Waals surface area contributed by atoms with Crippen LogP contribution in [0.1, 0.15) is 0 Å². The van der Waals surface area contributed by atoms with Crippen LogP contribution >= 0.6 is 11.6 Å². The third kappa shape index (κ3) is 3.76. The second-order valence-electron chi connectivity index (χ2n) is 4.08. The van der Waals surface area contributed by atoms with E-state index >= 15 is 0 Å². The topological polar surface area (TPSA) is 83.7 Å². The van der Waals surface area contributed by atoms with Crippen molar-refractivity contribution >= 4 is 23.3 Å². The van der Waals surface area contributed by atoms with Gasteiger partial charge in [0.2, 0.25) is 0 Å². The van der Waals surface area contributed by atoms with Gasteiger partial charge in [-0.15, -0.1) is 0 Å². The van der Waals surface area contributed by atoms with E-state index in [-0.39, 0.29) is 34.7 Å². The minimum absolute atomic E-state index is 0.0146. The van der Waals surface area contributed by atoms with E-state index in [9.17, 15) is 9.18 Å². The number of carbonyl (C=O) groups is 1. The van der Waals surface area contributed by atoms with Crippen molar-refractivity contribution in [1.82, 2.24) is 4.98 Å². The number of nitrogens with zero attached hydrogens (tertiary/aromatic N) is 1. The van der Waals surface area contributed by atoms with Gasteiger partial charge in [-0.05, 0) is 18.2 Å². The Hall–Kier alpha value is -2.54. The largest absolute Gasteiger partial charge is 0.466 e. The number of carbonyl (C=O) groups excluding carboxylic acids is 1. The number of nitrogen functional groups attached to an aromatic ring is 1. The molecule has 0 saturated carbocycles. The zero-order valence-corrected chi connectivity index (χ0v) is 12.3. The molecule has 0 fully saturated rings.